The van der Waals surface area contributed by atoms with Crippen LogP contribution in [0.15, 0.2) is 211 Å². The molecule has 266 valence electrons. The van der Waals surface area contributed by atoms with Crippen molar-refractivity contribution in [1.82, 2.24) is 4.57 Å². The van der Waals surface area contributed by atoms with Crippen LogP contribution in [-0.4, -0.2) is 10.6 Å². The van der Waals surface area contributed by atoms with Gasteiger partial charge in [0, 0.05) is 28.9 Å². The van der Waals surface area contributed by atoms with Crippen molar-refractivity contribution in [3.8, 4) is 50.2 Å². The summed E-state index contributed by atoms with van der Waals surface area (Å²) in [6.45, 7) is 0. The van der Waals surface area contributed by atoms with Crippen molar-refractivity contribution in [2.24, 2.45) is 0 Å². The second-order valence-corrected chi connectivity index (χ2v) is 15.2. The summed E-state index contributed by atoms with van der Waals surface area (Å²) < 4.78 is 2.53. The maximum absolute atomic E-state index is 2.70. The van der Waals surface area contributed by atoms with E-state index in [4.69, 9.17) is 0 Å². The van der Waals surface area contributed by atoms with Gasteiger partial charge in [0.15, 0.2) is 0 Å². The minimum atomic E-state index is 0.194. The summed E-state index contributed by atoms with van der Waals surface area (Å²) in [6, 6.07) is 66.8. The van der Waals surface area contributed by atoms with E-state index >= 15 is 0 Å². The number of rotatable bonds is 6. The zero-order valence-corrected chi connectivity index (χ0v) is 31.1. The molecule has 7 aromatic carbocycles. The van der Waals surface area contributed by atoms with Crippen molar-refractivity contribution in [3.05, 3.63) is 222 Å². The first kappa shape index (κ1) is 32.5. The van der Waals surface area contributed by atoms with E-state index in [2.05, 4.69) is 210 Å². The standard InChI is InChI=1S/C54H40N2/c1-5-17-37(18-6-1)41-29-42(38-19-7-2-8-20-38)32-45(31-41)55-51-27-15-13-25-47(51)49-36-54-50(35-53(49)55)48-26-14-16-28-52(48)56(54)46-33-43(39-21-9-3-10-22-39)30-44(34-46)40-23-11-4-12-24-40/h1-15,17-27,29-35,54H,16,28,36H2. The zero-order chi connectivity index (χ0) is 37.0. The van der Waals surface area contributed by atoms with Crippen LogP contribution >= 0.6 is 0 Å². The number of anilines is 1. The van der Waals surface area contributed by atoms with Crippen molar-refractivity contribution < 1.29 is 0 Å². The van der Waals surface area contributed by atoms with Gasteiger partial charge in [0.25, 0.3) is 0 Å². The first-order valence-electron chi connectivity index (χ1n) is 19.8. The first-order valence-corrected chi connectivity index (χ1v) is 19.8. The van der Waals surface area contributed by atoms with Crippen molar-refractivity contribution in [3.63, 3.8) is 0 Å². The zero-order valence-electron chi connectivity index (χ0n) is 31.1. The average molecular weight is 717 g/mol. The van der Waals surface area contributed by atoms with Crippen LogP contribution < -0.4 is 4.90 Å². The fourth-order valence-electron chi connectivity index (χ4n) is 9.37. The molecule has 0 N–H and O–H groups in total. The van der Waals surface area contributed by atoms with E-state index < -0.39 is 0 Å². The fourth-order valence-corrected chi connectivity index (χ4v) is 9.37. The lowest BCUT2D eigenvalue weighted by Crippen LogP contribution is -2.34. The van der Waals surface area contributed by atoms with Crippen LogP contribution in [0.3, 0.4) is 0 Å². The summed E-state index contributed by atoms with van der Waals surface area (Å²) in [6.07, 6.45) is 10.3. The molecular weight excluding hydrogens is 677 g/mol. The van der Waals surface area contributed by atoms with Crippen molar-refractivity contribution in [2.45, 2.75) is 25.3 Å². The van der Waals surface area contributed by atoms with Gasteiger partial charge in [-0.2, -0.15) is 0 Å². The molecular formula is C54H40N2. The number of nitrogens with zero attached hydrogens (tertiary/aromatic N) is 2. The van der Waals surface area contributed by atoms with Crippen LogP contribution in [0.2, 0.25) is 0 Å². The molecule has 2 heteroatoms. The Morgan fingerprint density at radius 1 is 0.464 bits per heavy atom. The molecule has 3 aliphatic rings. The Hall–Kier alpha value is -6.90. The maximum atomic E-state index is 2.70. The Labute approximate surface area is 328 Å². The molecule has 0 radical (unpaired) electrons. The average Bonchev–Trinajstić information content (AvgIpc) is 3.78. The van der Waals surface area contributed by atoms with E-state index in [1.54, 1.807) is 0 Å². The summed E-state index contributed by atoms with van der Waals surface area (Å²) in [7, 11) is 0. The molecule has 1 unspecified atom stereocenters. The Bertz CT molecular complexity index is 2740. The van der Waals surface area contributed by atoms with Gasteiger partial charge in [0.1, 0.15) is 0 Å². The fraction of sp³-hybridized carbons (Fsp3) is 0.0741. The third-order valence-electron chi connectivity index (χ3n) is 11.9. The quantitative estimate of drug-likeness (QED) is 0.166. The van der Waals surface area contributed by atoms with Gasteiger partial charge in [0.2, 0.25) is 0 Å². The normalized spacial score (nSPS) is 15.8. The van der Waals surface area contributed by atoms with E-state index in [9.17, 15) is 0 Å². The second kappa shape index (κ2) is 13.4. The van der Waals surface area contributed by atoms with Crippen molar-refractivity contribution in [1.29, 1.82) is 0 Å². The van der Waals surface area contributed by atoms with E-state index in [-0.39, 0.29) is 6.04 Å². The van der Waals surface area contributed by atoms with Gasteiger partial charge in [-0.1, -0.05) is 152 Å². The molecule has 1 atom stereocenters. The molecule has 2 aliphatic carbocycles. The highest BCUT2D eigenvalue weighted by molar-refractivity contribution is 5.94. The Morgan fingerprint density at radius 2 is 0.946 bits per heavy atom. The second-order valence-electron chi connectivity index (χ2n) is 15.2. The van der Waals surface area contributed by atoms with E-state index in [0.717, 1.165) is 19.3 Å². The molecule has 0 spiro atoms. The number of hydrogen-bond acceptors (Lipinski definition) is 1. The monoisotopic (exact) mass is 716 g/mol. The lowest BCUT2D eigenvalue weighted by Gasteiger charge is -2.33. The SMILES string of the molecule is C1=CC2=C(CC1)N(c1cc(-c3ccccc3)cc(-c3ccccc3)c1)C1Cc3c(n(-c4cc(-c5ccccc5)cc(-c5ccccc5)c4)c4ccccc34)C=C21. The van der Waals surface area contributed by atoms with Crippen LogP contribution in [0.1, 0.15) is 24.1 Å². The number of para-hydroxylation sites is 1. The highest BCUT2D eigenvalue weighted by Crippen LogP contribution is 2.49. The highest BCUT2D eigenvalue weighted by Gasteiger charge is 2.40. The highest BCUT2D eigenvalue weighted by atomic mass is 15.2. The summed E-state index contributed by atoms with van der Waals surface area (Å²) in [5, 5.41) is 1.33. The van der Waals surface area contributed by atoms with Crippen LogP contribution in [0.5, 0.6) is 0 Å². The summed E-state index contributed by atoms with van der Waals surface area (Å²) in [4.78, 5) is 2.70. The van der Waals surface area contributed by atoms with Crippen LogP contribution in [0, 0.1) is 0 Å². The van der Waals surface area contributed by atoms with Gasteiger partial charge in [-0.3, -0.25) is 0 Å². The molecule has 1 aliphatic heterocycles. The number of aromatic nitrogens is 1. The third kappa shape index (κ3) is 5.48. The topological polar surface area (TPSA) is 8.17 Å². The van der Waals surface area contributed by atoms with Crippen LogP contribution in [0.4, 0.5) is 5.69 Å². The van der Waals surface area contributed by atoms with Gasteiger partial charge >= 0.3 is 0 Å². The van der Waals surface area contributed by atoms with Gasteiger partial charge in [0.05, 0.1) is 17.3 Å². The summed E-state index contributed by atoms with van der Waals surface area (Å²) in [5.41, 5.74) is 20.5. The maximum Gasteiger partial charge on any atom is 0.0637 e. The Morgan fingerprint density at radius 3 is 1.48 bits per heavy atom. The molecule has 0 bridgehead atoms. The van der Waals surface area contributed by atoms with E-state index in [0.29, 0.717) is 0 Å². The van der Waals surface area contributed by atoms with Crippen LogP contribution in [-0.2, 0) is 6.42 Å². The molecule has 56 heavy (non-hydrogen) atoms. The molecule has 11 rings (SSSR count). The van der Waals surface area contributed by atoms with Gasteiger partial charge in [-0.05, 0) is 123 Å². The van der Waals surface area contributed by atoms with Crippen LogP contribution in [0.25, 0.3) is 67.2 Å². The molecule has 1 aromatic heterocycles. The van der Waals surface area contributed by atoms with Gasteiger partial charge in [-0.25, -0.2) is 0 Å². The number of allylic oxidation sites excluding steroid dienone is 3. The third-order valence-corrected chi connectivity index (χ3v) is 11.9. The van der Waals surface area contributed by atoms with Crippen molar-refractivity contribution >= 4 is 22.7 Å². The predicted molar refractivity (Wildman–Crippen MR) is 235 cm³/mol. The van der Waals surface area contributed by atoms with E-state index in [1.807, 2.05) is 0 Å². The molecule has 0 amide bonds. The smallest absolute Gasteiger partial charge is 0.0637 e. The van der Waals surface area contributed by atoms with Gasteiger partial charge in [-0.15, -0.1) is 0 Å². The Balaban J connectivity index is 1.11. The lowest BCUT2D eigenvalue weighted by atomic mass is 9.87. The van der Waals surface area contributed by atoms with Gasteiger partial charge < -0.3 is 9.47 Å². The first-order chi connectivity index (χ1) is 27.8. The molecule has 0 saturated heterocycles. The number of hydrogen-bond donors (Lipinski definition) is 0. The number of fused-ring (bicyclic) bond motifs is 5. The molecule has 2 heterocycles. The molecule has 2 nitrogen and oxygen atoms in total. The summed E-state index contributed by atoms with van der Waals surface area (Å²) >= 11 is 0. The number of benzene rings is 7. The molecule has 8 aromatic rings. The van der Waals surface area contributed by atoms with Crippen molar-refractivity contribution in [2.75, 3.05) is 4.90 Å². The molecule has 0 saturated carbocycles. The minimum Gasteiger partial charge on any atom is -0.337 e. The lowest BCUT2D eigenvalue weighted by molar-refractivity contribution is 0.726. The molecule has 0 fully saturated rings. The largest absolute Gasteiger partial charge is 0.337 e. The minimum absolute atomic E-state index is 0.194. The summed E-state index contributed by atoms with van der Waals surface area (Å²) in [5.74, 6) is 0. The Kier molecular flexibility index (Phi) is 7.81. The predicted octanol–water partition coefficient (Wildman–Crippen LogP) is 13.7. The van der Waals surface area contributed by atoms with E-state index in [1.165, 1.54) is 94.9 Å².